The number of alkyl halides is 1. The average Bonchev–Trinajstić information content (AvgIpc) is 2.37. The van der Waals surface area contributed by atoms with Crippen LogP contribution in [0.25, 0.3) is 0 Å². The molecular formula is C14H18ClNO2. The molecule has 0 unspecified atom stereocenters. The number of aryl methyl sites for hydroxylation is 1. The fourth-order valence-electron chi connectivity index (χ4n) is 2.12. The summed E-state index contributed by atoms with van der Waals surface area (Å²) in [5.74, 6) is 1.65. The summed E-state index contributed by atoms with van der Waals surface area (Å²) in [7, 11) is 0. The molecule has 0 fully saturated rings. The van der Waals surface area contributed by atoms with Crippen LogP contribution >= 0.6 is 11.6 Å². The number of halogens is 1. The van der Waals surface area contributed by atoms with Crippen LogP contribution in [0.5, 0.6) is 5.75 Å². The first-order valence-electron chi connectivity index (χ1n) is 6.33. The van der Waals surface area contributed by atoms with Crippen LogP contribution < -0.4 is 10.1 Å². The molecule has 0 bridgehead atoms. The molecule has 1 amide bonds. The van der Waals surface area contributed by atoms with Crippen LogP contribution in [0, 0.1) is 6.92 Å². The number of nitrogens with one attached hydrogen (secondary N) is 1. The highest BCUT2D eigenvalue weighted by atomic mass is 35.5. The Morgan fingerprint density at radius 1 is 1.33 bits per heavy atom. The van der Waals surface area contributed by atoms with Gasteiger partial charge in [-0.15, -0.1) is 11.6 Å². The van der Waals surface area contributed by atoms with E-state index in [9.17, 15) is 4.79 Å². The summed E-state index contributed by atoms with van der Waals surface area (Å²) in [5, 5.41) is 2.93. The maximum Gasteiger partial charge on any atom is 0.224 e. The van der Waals surface area contributed by atoms with Crippen molar-refractivity contribution in [1.82, 2.24) is 0 Å². The van der Waals surface area contributed by atoms with Crippen LogP contribution in [0.2, 0.25) is 0 Å². The highest BCUT2D eigenvalue weighted by Crippen LogP contribution is 2.34. The zero-order valence-corrected chi connectivity index (χ0v) is 11.3. The minimum atomic E-state index is 0.0879. The molecule has 18 heavy (non-hydrogen) atoms. The van der Waals surface area contributed by atoms with E-state index in [-0.39, 0.29) is 5.91 Å². The monoisotopic (exact) mass is 267 g/mol. The van der Waals surface area contributed by atoms with Crippen molar-refractivity contribution >= 4 is 23.2 Å². The molecule has 1 aromatic rings. The van der Waals surface area contributed by atoms with Gasteiger partial charge < -0.3 is 10.1 Å². The molecule has 2 rings (SSSR count). The third-order valence-corrected chi connectivity index (χ3v) is 3.40. The van der Waals surface area contributed by atoms with E-state index in [0.29, 0.717) is 18.9 Å². The standard InChI is InChI=1S/C14H18ClNO2/c1-10-4-6-12(18-9-3-2-8-15)11-5-7-13(17)16-14(10)11/h4,6H,2-3,5,7-9H2,1H3,(H,16,17). The Bertz CT molecular complexity index is 446. The quantitative estimate of drug-likeness (QED) is 0.657. The second-order valence-electron chi connectivity index (χ2n) is 4.53. The number of rotatable bonds is 5. The van der Waals surface area contributed by atoms with Gasteiger partial charge in [-0.3, -0.25) is 4.79 Å². The van der Waals surface area contributed by atoms with Crippen LogP contribution in [0.1, 0.15) is 30.4 Å². The Morgan fingerprint density at radius 2 is 2.17 bits per heavy atom. The number of carbonyl (C=O) groups excluding carboxylic acids is 1. The summed E-state index contributed by atoms with van der Waals surface area (Å²) < 4.78 is 5.79. The molecule has 0 aromatic heterocycles. The molecule has 0 saturated heterocycles. The van der Waals surface area contributed by atoms with Crippen LogP contribution in [-0.2, 0) is 11.2 Å². The summed E-state index contributed by atoms with van der Waals surface area (Å²) in [6, 6.07) is 3.98. The highest BCUT2D eigenvalue weighted by molar-refractivity contribution is 6.17. The molecule has 4 heteroatoms. The van der Waals surface area contributed by atoms with E-state index in [0.717, 1.165) is 41.8 Å². The average molecular weight is 268 g/mol. The van der Waals surface area contributed by atoms with Crippen LogP contribution in [-0.4, -0.2) is 18.4 Å². The Kier molecular flexibility index (Phi) is 4.48. The topological polar surface area (TPSA) is 38.3 Å². The number of hydrogen-bond donors (Lipinski definition) is 1. The van der Waals surface area contributed by atoms with E-state index in [1.165, 1.54) is 0 Å². The first kappa shape index (κ1) is 13.2. The molecule has 1 N–H and O–H groups in total. The number of anilines is 1. The normalized spacial score (nSPS) is 14.0. The van der Waals surface area contributed by atoms with Gasteiger partial charge in [-0.1, -0.05) is 6.07 Å². The molecule has 98 valence electrons. The fourth-order valence-corrected chi connectivity index (χ4v) is 2.31. The van der Waals surface area contributed by atoms with Crippen molar-refractivity contribution in [3.05, 3.63) is 23.3 Å². The minimum Gasteiger partial charge on any atom is -0.493 e. The molecule has 1 heterocycles. The van der Waals surface area contributed by atoms with Crippen molar-refractivity contribution in [2.24, 2.45) is 0 Å². The molecule has 0 aliphatic carbocycles. The maximum atomic E-state index is 11.4. The highest BCUT2D eigenvalue weighted by Gasteiger charge is 2.20. The predicted molar refractivity (Wildman–Crippen MR) is 73.6 cm³/mol. The predicted octanol–water partition coefficient (Wildman–Crippen LogP) is 3.28. The number of unbranched alkanes of at least 4 members (excludes halogenated alkanes) is 1. The van der Waals surface area contributed by atoms with Gasteiger partial charge in [0.25, 0.3) is 0 Å². The van der Waals surface area contributed by atoms with E-state index in [1.807, 2.05) is 19.1 Å². The largest absolute Gasteiger partial charge is 0.493 e. The van der Waals surface area contributed by atoms with Gasteiger partial charge in [-0.2, -0.15) is 0 Å². The van der Waals surface area contributed by atoms with E-state index in [4.69, 9.17) is 16.3 Å². The van der Waals surface area contributed by atoms with Crippen molar-refractivity contribution in [3.8, 4) is 5.75 Å². The zero-order chi connectivity index (χ0) is 13.0. The molecule has 1 aromatic carbocycles. The molecule has 0 saturated carbocycles. The van der Waals surface area contributed by atoms with E-state index >= 15 is 0 Å². The molecule has 0 radical (unpaired) electrons. The van der Waals surface area contributed by atoms with Gasteiger partial charge in [0.05, 0.1) is 12.3 Å². The number of hydrogen-bond acceptors (Lipinski definition) is 2. The van der Waals surface area contributed by atoms with Gasteiger partial charge in [0, 0.05) is 17.9 Å². The SMILES string of the molecule is Cc1ccc(OCCCCCl)c2c1NC(=O)CC2. The van der Waals surface area contributed by atoms with E-state index in [1.54, 1.807) is 0 Å². The van der Waals surface area contributed by atoms with Crippen molar-refractivity contribution in [1.29, 1.82) is 0 Å². The van der Waals surface area contributed by atoms with Crippen molar-refractivity contribution in [2.45, 2.75) is 32.6 Å². The summed E-state index contributed by atoms with van der Waals surface area (Å²) in [6.45, 7) is 2.68. The summed E-state index contributed by atoms with van der Waals surface area (Å²) >= 11 is 5.63. The number of benzene rings is 1. The van der Waals surface area contributed by atoms with Gasteiger partial charge >= 0.3 is 0 Å². The molecule has 0 atom stereocenters. The zero-order valence-electron chi connectivity index (χ0n) is 10.6. The lowest BCUT2D eigenvalue weighted by Crippen LogP contribution is -2.20. The van der Waals surface area contributed by atoms with Gasteiger partial charge in [0.2, 0.25) is 5.91 Å². The molecule has 3 nitrogen and oxygen atoms in total. The lowest BCUT2D eigenvalue weighted by molar-refractivity contribution is -0.116. The van der Waals surface area contributed by atoms with E-state index in [2.05, 4.69) is 5.32 Å². The van der Waals surface area contributed by atoms with Crippen LogP contribution in [0.4, 0.5) is 5.69 Å². The number of fused-ring (bicyclic) bond motifs is 1. The van der Waals surface area contributed by atoms with Crippen LogP contribution in [0.3, 0.4) is 0 Å². The third kappa shape index (κ3) is 2.96. The first-order chi connectivity index (χ1) is 8.72. The number of ether oxygens (including phenoxy) is 1. The first-order valence-corrected chi connectivity index (χ1v) is 6.87. The summed E-state index contributed by atoms with van der Waals surface area (Å²) in [5.41, 5.74) is 3.15. The Morgan fingerprint density at radius 3 is 2.94 bits per heavy atom. The molecule has 1 aliphatic rings. The second kappa shape index (κ2) is 6.10. The van der Waals surface area contributed by atoms with Gasteiger partial charge in [-0.25, -0.2) is 0 Å². The minimum absolute atomic E-state index is 0.0879. The van der Waals surface area contributed by atoms with Crippen LogP contribution in [0.15, 0.2) is 12.1 Å². The Labute approximate surface area is 112 Å². The van der Waals surface area contributed by atoms with Gasteiger partial charge in [-0.05, 0) is 37.8 Å². The smallest absolute Gasteiger partial charge is 0.224 e. The Hall–Kier alpha value is -1.22. The van der Waals surface area contributed by atoms with E-state index < -0.39 is 0 Å². The Balaban J connectivity index is 2.12. The number of amides is 1. The van der Waals surface area contributed by atoms with Gasteiger partial charge in [0.15, 0.2) is 0 Å². The third-order valence-electron chi connectivity index (χ3n) is 3.13. The molecular weight excluding hydrogens is 250 g/mol. The van der Waals surface area contributed by atoms with Crippen molar-refractivity contribution in [3.63, 3.8) is 0 Å². The molecule has 1 aliphatic heterocycles. The maximum absolute atomic E-state index is 11.4. The molecule has 0 spiro atoms. The lowest BCUT2D eigenvalue weighted by atomic mass is 9.98. The van der Waals surface area contributed by atoms with Crippen molar-refractivity contribution in [2.75, 3.05) is 17.8 Å². The number of carbonyl (C=O) groups is 1. The lowest BCUT2D eigenvalue weighted by Gasteiger charge is -2.22. The summed E-state index contributed by atoms with van der Waals surface area (Å²) in [6.07, 6.45) is 3.22. The summed E-state index contributed by atoms with van der Waals surface area (Å²) in [4.78, 5) is 11.4. The second-order valence-corrected chi connectivity index (χ2v) is 4.90. The fraction of sp³-hybridized carbons (Fsp3) is 0.500. The van der Waals surface area contributed by atoms with Gasteiger partial charge in [0.1, 0.15) is 5.75 Å². The van der Waals surface area contributed by atoms with Crippen molar-refractivity contribution < 1.29 is 9.53 Å².